The Morgan fingerprint density at radius 2 is 2.16 bits per heavy atom. The first-order chi connectivity index (χ1) is 8.91. The summed E-state index contributed by atoms with van der Waals surface area (Å²) in [5.74, 6) is -0.132. The quantitative estimate of drug-likeness (QED) is 0.855. The molecule has 2 unspecified atom stereocenters. The second-order valence-electron chi connectivity index (χ2n) is 4.71. The van der Waals surface area contributed by atoms with E-state index in [0.717, 1.165) is 6.42 Å². The molecule has 1 saturated heterocycles. The van der Waals surface area contributed by atoms with E-state index in [-0.39, 0.29) is 28.1 Å². The van der Waals surface area contributed by atoms with Crippen LogP contribution in [0.2, 0.25) is 10.0 Å². The molecule has 6 heteroatoms. The van der Waals surface area contributed by atoms with Gasteiger partial charge >= 0.3 is 0 Å². The van der Waals surface area contributed by atoms with E-state index >= 15 is 0 Å². The Bertz CT molecular complexity index is 484. The van der Waals surface area contributed by atoms with Gasteiger partial charge in [-0.2, -0.15) is 0 Å². The molecular formula is C13H16Cl2N2O2. The highest BCUT2D eigenvalue weighted by atomic mass is 35.5. The minimum absolute atomic E-state index is 0.0362. The Hall–Kier alpha value is -0.970. The molecule has 2 N–H and O–H groups in total. The molecule has 0 saturated carbocycles. The van der Waals surface area contributed by atoms with Crippen LogP contribution in [-0.2, 0) is 4.74 Å². The molecule has 1 aliphatic heterocycles. The summed E-state index contributed by atoms with van der Waals surface area (Å²) >= 11 is 11.8. The summed E-state index contributed by atoms with van der Waals surface area (Å²) in [5.41, 5.74) is 6.47. The molecule has 0 aliphatic carbocycles. The topological polar surface area (TPSA) is 55.6 Å². The standard InChI is InChI=1S/C13H16Cl2N2O2/c1-7-11(3-4-19-7)17(2)13(18)8-5-9(14)12(15)10(16)6-8/h5-7,11H,3-4,16H2,1-2H3. The summed E-state index contributed by atoms with van der Waals surface area (Å²) in [6, 6.07) is 3.16. The molecule has 1 amide bonds. The van der Waals surface area contributed by atoms with Crippen molar-refractivity contribution >= 4 is 34.8 Å². The SMILES string of the molecule is CC1OCCC1N(C)C(=O)c1cc(N)c(Cl)c(Cl)c1. The van der Waals surface area contributed by atoms with E-state index in [1.165, 1.54) is 0 Å². The number of benzene rings is 1. The van der Waals surface area contributed by atoms with Crippen LogP contribution >= 0.6 is 23.2 Å². The van der Waals surface area contributed by atoms with Crippen molar-refractivity contribution in [3.63, 3.8) is 0 Å². The van der Waals surface area contributed by atoms with Gasteiger partial charge in [0, 0.05) is 19.2 Å². The van der Waals surface area contributed by atoms with E-state index in [2.05, 4.69) is 0 Å². The van der Waals surface area contributed by atoms with Crippen LogP contribution in [0.25, 0.3) is 0 Å². The molecular weight excluding hydrogens is 287 g/mol. The van der Waals surface area contributed by atoms with Crippen molar-refractivity contribution in [1.29, 1.82) is 0 Å². The molecule has 2 rings (SSSR count). The smallest absolute Gasteiger partial charge is 0.254 e. The largest absolute Gasteiger partial charge is 0.397 e. The number of nitrogen functional groups attached to an aromatic ring is 1. The maximum Gasteiger partial charge on any atom is 0.254 e. The number of carbonyl (C=O) groups is 1. The van der Waals surface area contributed by atoms with Crippen molar-refractivity contribution in [3.05, 3.63) is 27.7 Å². The van der Waals surface area contributed by atoms with Gasteiger partial charge in [0.15, 0.2) is 0 Å². The normalized spacial score (nSPS) is 22.5. The Morgan fingerprint density at radius 3 is 2.68 bits per heavy atom. The van der Waals surface area contributed by atoms with Gasteiger partial charge in [0.25, 0.3) is 5.91 Å². The molecule has 4 nitrogen and oxygen atoms in total. The predicted octanol–water partition coefficient (Wildman–Crippen LogP) is 2.83. The lowest BCUT2D eigenvalue weighted by molar-refractivity contribution is 0.0574. The number of likely N-dealkylation sites (N-methyl/N-ethyl adjacent to an activating group) is 1. The fourth-order valence-corrected chi connectivity index (χ4v) is 2.65. The van der Waals surface area contributed by atoms with E-state index in [1.807, 2.05) is 6.92 Å². The van der Waals surface area contributed by atoms with Crippen LogP contribution in [0.1, 0.15) is 23.7 Å². The van der Waals surface area contributed by atoms with Crippen LogP contribution in [0.15, 0.2) is 12.1 Å². The summed E-state index contributed by atoms with van der Waals surface area (Å²) in [6.07, 6.45) is 0.870. The first-order valence-electron chi connectivity index (χ1n) is 6.05. The zero-order valence-electron chi connectivity index (χ0n) is 10.8. The van der Waals surface area contributed by atoms with Gasteiger partial charge in [-0.1, -0.05) is 23.2 Å². The van der Waals surface area contributed by atoms with Crippen molar-refractivity contribution in [3.8, 4) is 0 Å². The van der Waals surface area contributed by atoms with Crippen LogP contribution in [0, 0.1) is 0 Å². The van der Waals surface area contributed by atoms with Gasteiger partial charge in [-0.05, 0) is 25.5 Å². The van der Waals surface area contributed by atoms with E-state index in [0.29, 0.717) is 17.9 Å². The van der Waals surface area contributed by atoms with Crippen molar-refractivity contribution in [2.75, 3.05) is 19.4 Å². The summed E-state index contributed by atoms with van der Waals surface area (Å²) in [6.45, 7) is 2.64. The number of hydrogen-bond donors (Lipinski definition) is 1. The van der Waals surface area contributed by atoms with Crippen LogP contribution in [-0.4, -0.2) is 36.6 Å². The highest BCUT2D eigenvalue weighted by molar-refractivity contribution is 6.43. The highest BCUT2D eigenvalue weighted by Gasteiger charge is 2.31. The van der Waals surface area contributed by atoms with E-state index < -0.39 is 0 Å². The second-order valence-corrected chi connectivity index (χ2v) is 5.49. The van der Waals surface area contributed by atoms with E-state index in [1.54, 1.807) is 24.1 Å². The fraction of sp³-hybridized carbons (Fsp3) is 0.462. The Kier molecular flexibility index (Phi) is 4.23. The number of ether oxygens (including phenoxy) is 1. The third kappa shape index (κ3) is 2.81. The predicted molar refractivity (Wildman–Crippen MR) is 76.8 cm³/mol. The van der Waals surface area contributed by atoms with Gasteiger partial charge in [0.1, 0.15) is 0 Å². The van der Waals surface area contributed by atoms with Crippen LogP contribution in [0.4, 0.5) is 5.69 Å². The molecule has 19 heavy (non-hydrogen) atoms. The molecule has 104 valence electrons. The number of rotatable bonds is 2. The molecule has 2 atom stereocenters. The zero-order chi connectivity index (χ0) is 14.2. The Morgan fingerprint density at radius 1 is 1.47 bits per heavy atom. The molecule has 1 aromatic rings. The van der Waals surface area contributed by atoms with Crippen LogP contribution in [0.3, 0.4) is 0 Å². The number of nitrogens with zero attached hydrogens (tertiary/aromatic N) is 1. The highest BCUT2D eigenvalue weighted by Crippen LogP contribution is 2.30. The van der Waals surface area contributed by atoms with Gasteiger partial charge in [-0.3, -0.25) is 4.79 Å². The third-order valence-electron chi connectivity index (χ3n) is 3.46. The zero-order valence-corrected chi connectivity index (χ0v) is 12.3. The molecule has 1 aromatic carbocycles. The van der Waals surface area contributed by atoms with Gasteiger partial charge < -0.3 is 15.4 Å². The Labute approximate surface area is 122 Å². The first kappa shape index (κ1) is 14.4. The van der Waals surface area contributed by atoms with Gasteiger partial charge in [-0.15, -0.1) is 0 Å². The average Bonchev–Trinajstić information content (AvgIpc) is 2.79. The number of nitrogens with two attached hydrogens (primary N) is 1. The molecule has 0 bridgehead atoms. The molecule has 0 aromatic heterocycles. The molecule has 1 fully saturated rings. The number of carbonyl (C=O) groups excluding carboxylic acids is 1. The Balaban J connectivity index is 2.24. The molecule has 0 spiro atoms. The summed E-state index contributed by atoms with van der Waals surface area (Å²) in [5, 5.41) is 0.563. The van der Waals surface area contributed by atoms with Gasteiger partial charge in [-0.25, -0.2) is 0 Å². The second kappa shape index (κ2) is 5.57. The van der Waals surface area contributed by atoms with Crippen LogP contribution < -0.4 is 5.73 Å². The minimum atomic E-state index is -0.132. The lowest BCUT2D eigenvalue weighted by Crippen LogP contribution is -2.41. The van der Waals surface area contributed by atoms with E-state index in [4.69, 9.17) is 33.7 Å². The molecule has 1 aliphatic rings. The van der Waals surface area contributed by atoms with Gasteiger partial charge in [0.05, 0.1) is 27.9 Å². The summed E-state index contributed by atoms with van der Waals surface area (Å²) < 4.78 is 5.47. The lowest BCUT2D eigenvalue weighted by atomic mass is 10.1. The molecule has 0 radical (unpaired) electrons. The van der Waals surface area contributed by atoms with Crippen LogP contribution in [0.5, 0.6) is 0 Å². The number of amides is 1. The number of halogens is 2. The lowest BCUT2D eigenvalue weighted by Gasteiger charge is -2.27. The molecule has 1 heterocycles. The van der Waals surface area contributed by atoms with Crippen molar-refractivity contribution in [2.45, 2.75) is 25.5 Å². The number of anilines is 1. The number of hydrogen-bond acceptors (Lipinski definition) is 3. The fourth-order valence-electron chi connectivity index (χ4n) is 2.32. The van der Waals surface area contributed by atoms with Crippen molar-refractivity contribution in [1.82, 2.24) is 4.90 Å². The minimum Gasteiger partial charge on any atom is -0.397 e. The first-order valence-corrected chi connectivity index (χ1v) is 6.80. The summed E-state index contributed by atoms with van der Waals surface area (Å²) in [7, 11) is 1.76. The van der Waals surface area contributed by atoms with Gasteiger partial charge in [0.2, 0.25) is 0 Å². The monoisotopic (exact) mass is 302 g/mol. The maximum atomic E-state index is 12.4. The van der Waals surface area contributed by atoms with Crippen molar-refractivity contribution < 1.29 is 9.53 Å². The average molecular weight is 303 g/mol. The maximum absolute atomic E-state index is 12.4. The summed E-state index contributed by atoms with van der Waals surface area (Å²) in [4.78, 5) is 14.1. The van der Waals surface area contributed by atoms with Crippen molar-refractivity contribution in [2.24, 2.45) is 0 Å². The van der Waals surface area contributed by atoms with E-state index in [9.17, 15) is 4.79 Å². The third-order valence-corrected chi connectivity index (χ3v) is 4.27.